The van der Waals surface area contributed by atoms with Gasteiger partial charge in [0.15, 0.2) is 6.61 Å². The zero-order valence-electron chi connectivity index (χ0n) is 20.3. The molecule has 1 heterocycles. The molecule has 2 fully saturated rings. The summed E-state index contributed by atoms with van der Waals surface area (Å²) in [4.78, 5) is 64.6. The van der Waals surface area contributed by atoms with Crippen LogP contribution in [0.5, 0.6) is 0 Å². The van der Waals surface area contributed by atoms with Crippen molar-refractivity contribution < 1.29 is 28.7 Å². The smallest absolute Gasteiger partial charge is 0.330 e. The van der Waals surface area contributed by atoms with Crippen LogP contribution in [0.15, 0.2) is 66.7 Å². The van der Waals surface area contributed by atoms with Crippen LogP contribution in [0.4, 0.5) is 11.4 Å². The van der Waals surface area contributed by atoms with Crippen molar-refractivity contribution in [3.63, 3.8) is 0 Å². The Morgan fingerprint density at radius 2 is 1.46 bits per heavy atom. The quantitative estimate of drug-likeness (QED) is 0.326. The molecule has 190 valence electrons. The maximum Gasteiger partial charge on any atom is 0.330 e. The zero-order chi connectivity index (χ0) is 26.1. The molecule has 0 unspecified atom stereocenters. The molecular formula is C28H27N3O6. The van der Waals surface area contributed by atoms with Crippen LogP contribution < -0.4 is 10.6 Å². The van der Waals surface area contributed by atoms with Gasteiger partial charge in [-0.2, -0.15) is 0 Å². The standard InChI is InChI=1S/C28H27N3O6/c1-16(32)29-20-9-11-21(12-10-20)30-23(33)15-37-28(36)22(13-17-5-3-2-4-6-17)31-26(34)24-18-7-8-19(14-18)25(24)27(31)35/h2-12,18-19,22,24-25H,13-15H2,1H3,(H,29,32)(H,30,33)/t18-,19-,22-,24-,25-/m0/s1. The molecule has 0 radical (unpaired) electrons. The molecule has 3 aliphatic rings. The number of anilines is 2. The Bertz CT molecular complexity index is 1240. The van der Waals surface area contributed by atoms with Gasteiger partial charge < -0.3 is 15.4 Å². The Labute approximate surface area is 213 Å². The van der Waals surface area contributed by atoms with E-state index in [2.05, 4.69) is 10.6 Å². The monoisotopic (exact) mass is 501 g/mol. The molecule has 5 rings (SSSR count). The van der Waals surface area contributed by atoms with Crippen LogP contribution in [0.25, 0.3) is 0 Å². The highest BCUT2D eigenvalue weighted by molar-refractivity contribution is 6.09. The van der Waals surface area contributed by atoms with Gasteiger partial charge in [-0.15, -0.1) is 0 Å². The van der Waals surface area contributed by atoms with E-state index >= 15 is 0 Å². The summed E-state index contributed by atoms with van der Waals surface area (Å²) in [6, 6.07) is 14.4. The van der Waals surface area contributed by atoms with E-state index in [1.54, 1.807) is 24.3 Å². The minimum absolute atomic E-state index is 0.0210. The number of likely N-dealkylation sites (tertiary alicyclic amines) is 1. The first-order valence-corrected chi connectivity index (χ1v) is 12.2. The van der Waals surface area contributed by atoms with E-state index in [9.17, 15) is 24.0 Å². The summed E-state index contributed by atoms with van der Waals surface area (Å²) in [5, 5.41) is 5.25. The number of fused-ring (bicyclic) bond motifs is 5. The van der Waals surface area contributed by atoms with Gasteiger partial charge in [-0.05, 0) is 48.1 Å². The lowest BCUT2D eigenvalue weighted by atomic mass is 9.85. The normalized spacial score (nSPS) is 24.1. The second-order valence-electron chi connectivity index (χ2n) is 9.67. The molecule has 2 aromatic rings. The Morgan fingerprint density at radius 3 is 2.03 bits per heavy atom. The molecule has 2 aliphatic carbocycles. The molecule has 37 heavy (non-hydrogen) atoms. The van der Waals surface area contributed by atoms with Gasteiger partial charge in [0, 0.05) is 24.7 Å². The molecule has 2 N–H and O–H groups in total. The van der Waals surface area contributed by atoms with Crippen molar-refractivity contribution in [2.45, 2.75) is 25.8 Å². The fraction of sp³-hybridized carbons (Fsp3) is 0.321. The van der Waals surface area contributed by atoms with Crippen LogP contribution in [0.3, 0.4) is 0 Å². The minimum atomic E-state index is -1.16. The second-order valence-corrected chi connectivity index (χ2v) is 9.67. The molecule has 1 saturated heterocycles. The number of ether oxygens (including phenoxy) is 1. The van der Waals surface area contributed by atoms with Gasteiger partial charge in [0.05, 0.1) is 11.8 Å². The number of esters is 1. The largest absolute Gasteiger partial charge is 0.454 e. The molecule has 1 aliphatic heterocycles. The summed E-state index contributed by atoms with van der Waals surface area (Å²) in [6.07, 6.45) is 4.89. The van der Waals surface area contributed by atoms with Gasteiger partial charge in [-0.3, -0.25) is 24.1 Å². The number of carbonyl (C=O) groups excluding carboxylic acids is 5. The summed E-state index contributed by atoms with van der Waals surface area (Å²) >= 11 is 0. The maximum atomic E-state index is 13.4. The Kier molecular flexibility index (Phi) is 6.60. The highest BCUT2D eigenvalue weighted by Gasteiger charge is 2.61. The summed E-state index contributed by atoms with van der Waals surface area (Å²) in [7, 11) is 0. The van der Waals surface area contributed by atoms with E-state index in [0.717, 1.165) is 16.9 Å². The van der Waals surface area contributed by atoms with Crippen LogP contribution >= 0.6 is 0 Å². The van der Waals surface area contributed by atoms with E-state index in [1.807, 2.05) is 42.5 Å². The van der Waals surface area contributed by atoms with Gasteiger partial charge in [0.2, 0.25) is 17.7 Å². The van der Waals surface area contributed by atoms with Gasteiger partial charge >= 0.3 is 5.97 Å². The van der Waals surface area contributed by atoms with Gasteiger partial charge in [0.1, 0.15) is 6.04 Å². The first-order chi connectivity index (χ1) is 17.8. The first-order valence-electron chi connectivity index (χ1n) is 12.2. The lowest BCUT2D eigenvalue weighted by Crippen LogP contribution is -2.48. The van der Waals surface area contributed by atoms with Crippen LogP contribution in [-0.2, 0) is 35.1 Å². The second kappa shape index (κ2) is 10.0. The molecule has 4 amide bonds. The third-order valence-electron chi connectivity index (χ3n) is 7.19. The summed E-state index contributed by atoms with van der Waals surface area (Å²) < 4.78 is 5.32. The number of nitrogens with one attached hydrogen (secondary N) is 2. The third kappa shape index (κ3) is 4.89. The Morgan fingerprint density at radius 1 is 0.892 bits per heavy atom. The molecule has 0 aromatic heterocycles. The van der Waals surface area contributed by atoms with Gasteiger partial charge in [-0.1, -0.05) is 42.5 Å². The first kappa shape index (κ1) is 24.4. The van der Waals surface area contributed by atoms with Crippen molar-refractivity contribution in [3.05, 3.63) is 72.3 Å². The van der Waals surface area contributed by atoms with Crippen LogP contribution in [0.1, 0.15) is 18.9 Å². The number of rotatable bonds is 8. The van der Waals surface area contributed by atoms with Crippen molar-refractivity contribution >= 4 is 41.0 Å². The zero-order valence-corrected chi connectivity index (χ0v) is 20.3. The lowest BCUT2D eigenvalue weighted by Gasteiger charge is -2.26. The summed E-state index contributed by atoms with van der Waals surface area (Å²) in [5.41, 5.74) is 1.80. The van der Waals surface area contributed by atoms with Gasteiger partial charge in [0.25, 0.3) is 5.91 Å². The third-order valence-corrected chi connectivity index (χ3v) is 7.19. The predicted molar refractivity (Wildman–Crippen MR) is 134 cm³/mol. The van der Waals surface area contributed by atoms with Crippen molar-refractivity contribution in [1.29, 1.82) is 0 Å². The van der Waals surface area contributed by atoms with E-state index < -0.39 is 36.4 Å². The number of hydrogen-bond donors (Lipinski definition) is 2. The van der Waals surface area contributed by atoms with Crippen molar-refractivity contribution in [2.75, 3.05) is 17.2 Å². The van der Waals surface area contributed by atoms with E-state index in [0.29, 0.717) is 11.4 Å². The molecular weight excluding hydrogens is 474 g/mol. The number of hydrogen-bond acceptors (Lipinski definition) is 6. The SMILES string of the molecule is CC(=O)Nc1ccc(NC(=O)COC(=O)[C@H](Cc2ccccc2)N2C(=O)[C@@H]3[C@@H](C2=O)[C@H]2C=C[C@H]3C2)cc1. The number of allylic oxidation sites excluding steroid dienone is 2. The number of imide groups is 1. The van der Waals surface area contributed by atoms with E-state index in [4.69, 9.17) is 4.74 Å². The fourth-order valence-corrected chi connectivity index (χ4v) is 5.62. The lowest BCUT2D eigenvalue weighted by molar-refractivity contribution is -0.160. The van der Waals surface area contributed by atoms with Crippen molar-refractivity contribution in [1.82, 2.24) is 4.90 Å². The predicted octanol–water partition coefficient (Wildman–Crippen LogP) is 2.55. The minimum Gasteiger partial charge on any atom is -0.454 e. The highest BCUT2D eigenvalue weighted by atomic mass is 16.5. The number of amides is 4. The molecule has 9 nitrogen and oxygen atoms in total. The average molecular weight is 502 g/mol. The summed E-state index contributed by atoms with van der Waals surface area (Å²) in [6.45, 7) is 0.819. The molecule has 0 spiro atoms. The van der Waals surface area contributed by atoms with Crippen LogP contribution in [-0.4, -0.2) is 47.1 Å². The maximum absolute atomic E-state index is 13.4. The van der Waals surface area contributed by atoms with E-state index in [-0.39, 0.29) is 36.0 Å². The number of benzene rings is 2. The average Bonchev–Trinajstić information content (AvgIpc) is 3.56. The van der Waals surface area contributed by atoms with Gasteiger partial charge in [-0.25, -0.2) is 4.79 Å². The van der Waals surface area contributed by atoms with E-state index in [1.165, 1.54) is 6.92 Å². The molecule has 9 heteroatoms. The number of nitrogens with zero attached hydrogens (tertiary/aromatic N) is 1. The topological polar surface area (TPSA) is 122 Å². The van der Waals surface area contributed by atoms with Crippen molar-refractivity contribution in [3.8, 4) is 0 Å². The Hall–Kier alpha value is -4.27. The Balaban J connectivity index is 1.27. The van der Waals surface area contributed by atoms with Crippen molar-refractivity contribution in [2.24, 2.45) is 23.7 Å². The number of carbonyl (C=O) groups is 5. The fourth-order valence-electron chi connectivity index (χ4n) is 5.62. The molecule has 5 atom stereocenters. The molecule has 2 bridgehead atoms. The highest BCUT2D eigenvalue weighted by Crippen LogP contribution is 2.53. The van der Waals surface area contributed by atoms with Crippen LogP contribution in [0.2, 0.25) is 0 Å². The summed E-state index contributed by atoms with van der Waals surface area (Å²) in [5.74, 6) is -3.09. The molecule has 1 saturated carbocycles. The van der Waals surface area contributed by atoms with Crippen LogP contribution in [0, 0.1) is 23.7 Å². The molecule has 2 aromatic carbocycles.